The van der Waals surface area contributed by atoms with E-state index in [-0.39, 0.29) is 23.8 Å². The first kappa shape index (κ1) is 19.1. The molecule has 1 aliphatic carbocycles. The van der Waals surface area contributed by atoms with E-state index in [9.17, 15) is 19.5 Å². The highest BCUT2D eigenvalue weighted by Gasteiger charge is 2.26. The fourth-order valence-corrected chi connectivity index (χ4v) is 3.71. The molecule has 1 saturated carbocycles. The van der Waals surface area contributed by atoms with E-state index in [0.29, 0.717) is 36.3 Å². The zero-order valence-corrected chi connectivity index (χ0v) is 15.2. The third kappa shape index (κ3) is 4.93. The van der Waals surface area contributed by atoms with E-state index in [4.69, 9.17) is 0 Å². The molecule has 0 aliphatic heterocycles. The molecule has 0 atom stereocenters. The van der Waals surface area contributed by atoms with Gasteiger partial charge in [-0.25, -0.2) is 4.98 Å². The fraction of sp³-hybridized carbons (Fsp3) is 0.500. The van der Waals surface area contributed by atoms with Gasteiger partial charge in [0, 0.05) is 25.0 Å². The summed E-state index contributed by atoms with van der Waals surface area (Å²) in [6.07, 6.45) is 5.30. The SMILES string of the molecule is O=C([O-])CCCNC(=O)C1CCC(Cn2cnc3ccccc3c2=O)CC1. The van der Waals surface area contributed by atoms with E-state index >= 15 is 0 Å². The smallest absolute Gasteiger partial charge is 0.261 e. The second-order valence-electron chi connectivity index (χ2n) is 7.20. The van der Waals surface area contributed by atoms with E-state index in [1.54, 1.807) is 17.0 Å². The molecular formula is C20H24N3O4-. The lowest BCUT2D eigenvalue weighted by atomic mass is 9.81. The Bertz CT molecular complexity index is 869. The molecule has 1 fully saturated rings. The van der Waals surface area contributed by atoms with Crippen LogP contribution in [-0.2, 0) is 16.1 Å². The summed E-state index contributed by atoms with van der Waals surface area (Å²) in [4.78, 5) is 39.5. The van der Waals surface area contributed by atoms with Gasteiger partial charge in [-0.1, -0.05) is 12.1 Å². The molecule has 0 unspecified atom stereocenters. The van der Waals surface area contributed by atoms with Crippen LogP contribution in [0.25, 0.3) is 10.9 Å². The number of carbonyl (C=O) groups is 2. The Hall–Kier alpha value is -2.70. The summed E-state index contributed by atoms with van der Waals surface area (Å²) >= 11 is 0. The molecule has 144 valence electrons. The summed E-state index contributed by atoms with van der Waals surface area (Å²) in [6, 6.07) is 7.33. The minimum atomic E-state index is -1.09. The fourth-order valence-electron chi connectivity index (χ4n) is 3.71. The van der Waals surface area contributed by atoms with Crippen molar-refractivity contribution >= 4 is 22.8 Å². The van der Waals surface area contributed by atoms with Crippen LogP contribution in [0.2, 0.25) is 0 Å². The lowest BCUT2D eigenvalue weighted by Crippen LogP contribution is -2.35. The van der Waals surface area contributed by atoms with Crippen LogP contribution in [-0.4, -0.2) is 28.0 Å². The summed E-state index contributed by atoms with van der Waals surface area (Å²) in [6.45, 7) is 0.988. The molecule has 0 saturated heterocycles. The highest BCUT2D eigenvalue weighted by Crippen LogP contribution is 2.29. The van der Waals surface area contributed by atoms with Crippen LogP contribution in [0.5, 0.6) is 0 Å². The summed E-state index contributed by atoms with van der Waals surface area (Å²) < 4.78 is 1.67. The van der Waals surface area contributed by atoms with E-state index in [1.807, 2.05) is 18.2 Å². The van der Waals surface area contributed by atoms with Crippen molar-refractivity contribution in [2.24, 2.45) is 11.8 Å². The van der Waals surface area contributed by atoms with Gasteiger partial charge in [0.2, 0.25) is 5.91 Å². The lowest BCUT2D eigenvalue weighted by Gasteiger charge is -2.28. The average Bonchev–Trinajstić information content (AvgIpc) is 2.68. The lowest BCUT2D eigenvalue weighted by molar-refractivity contribution is -0.305. The summed E-state index contributed by atoms with van der Waals surface area (Å²) in [7, 11) is 0. The van der Waals surface area contributed by atoms with Gasteiger partial charge in [0.25, 0.3) is 5.56 Å². The Labute approximate surface area is 157 Å². The van der Waals surface area contributed by atoms with Gasteiger partial charge in [-0.05, 0) is 56.6 Å². The largest absolute Gasteiger partial charge is 0.550 e. The van der Waals surface area contributed by atoms with Crippen LogP contribution in [0.3, 0.4) is 0 Å². The molecule has 1 aromatic carbocycles. The molecule has 3 rings (SSSR count). The topological polar surface area (TPSA) is 104 Å². The number of amides is 1. The van der Waals surface area contributed by atoms with Crippen molar-refractivity contribution in [1.29, 1.82) is 0 Å². The zero-order valence-electron chi connectivity index (χ0n) is 15.2. The molecule has 1 aliphatic rings. The summed E-state index contributed by atoms with van der Waals surface area (Å²) in [5, 5.41) is 13.8. The first-order valence-corrected chi connectivity index (χ1v) is 9.46. The van der Waals surface area contributed by atoms with Crippen molar-refractivity contribution in [2.75, 3.05) is 6.54 Å². The predicted octanol–water partition coefficient (Wildman–Crippen LogP) is 0.849. The van der Waals surface area contributed by atoms with Gasteiger partial charge in [-0.3, -0.25) is 14.2 Å². The number of carboxylic acids is 1. The molecule has 2 aromatic rings. The number of benzene rings is 1. The Kier molecular flexibility index (Phi) is 6.21. The van der Waals surface area contributed by atoms with Crippen molar-refractivity contribution in [3.8, 4) is 0 Å². The second kappa shape index (κ2) is 8.79. The van der Waals surface area contributed by atoms with Crippen molar-refractivity contribution in [3.63, 3.8) is 0 Å². The minimum Gasteiger partial charge on any atom is -0.550 e. The molecule has 0 radical (unpaired) electrons. The molecule has 7 heteroatoms. The number of fused-ring (bicyclic) bond motifs is 1. The van der Waals surface area contributed by atoms with Gasteiger partial charge in [-0.2, -0.15) is 0 Å². The third-order valence-electron chi connectivity index (χ3n) is 5.26. The monoisotopic (exact) mass is 370 g/mol. The highest BCUT2D eigenvalue weighted by molar-refractivity contribution is 5.78. The first-order valence-electron chi connectivity index (χ1n) is 9.46. The maximum atomic E-state index is 12.6. The van der Waals surface area contributed by atoms with E-state index in [0.717, 1.165) is 25.7 Å². The maximum Gasteiger partial charge on any atom is 0.261 e. The number of aliphatic carboxylic acids is 1. The maximum absolute atomic E-state index is 12.6. The molecule has 1 heterocycles. The van der Waals surface area contributed by atoms with Gasteiger partial charge in [0.05, 0.1) is 17.2 Å². The van der Waals surface area contributed by atoms with Crippen molar-refractivity contribution in [1.82, 2.24) is 14.9 Å². The van der Waals surface area contributed by atoms with Gasteiger partial charge in [0.1, 0.15) is 0 Å². The summed E-state index contributed by atoms with van der Waals surface area (Å²) in [5.74, 6) is -0.775. The number of rotatable bonds is 7. The van der Waals surface area contributed by atoms with Gasteiger partial charge >= 0.3 is 0 Å². The first-order chi connectivity index (χ1) is 13.0. The van der Waals surface area contributed by atoms with Gasteiger partial charge < -0.3 is 15.2 Å². The average molecular weight is 370 g/mol. The molecule has 1 amide bonds. The number of nitrogens with one attached hydrogen (secondary N) is 1. The normalized spacial score (nSPS) is 19.7. The van der Waals surface area contributed by atoms with Crippen LogP contribution in [0.4, 0.5) is 0 Å². The van der Waals surface area contributed by atoms with E-state index in [1.165, 1.54) is 0 Å². The Morgan fingerprint density at radius 2 is 1.93 bits per heavy atom. The number of carbonyl (C=O) groups excluding carboxylic acids is 2. The third-order valence-corrected chi connectivity index (χ3v) is 5.26. The van der Waals surface area contributed by atoms with Crippen LogP contribution < -0.4 is 16.0 Å². The molecule has 0 spiro atoms. The second-order valence-corrected chi connectivity index (χ2v) is 7.20. The number of carboxylic acid groups (broad SMARTS) is 1. The Morgan fingerprint density at radius 3 is 2.67 bits per heavy atom. The highest BCUT2D eigenvalue weighted by atomic mass is 16.4. The van der Waals surface area contributed by atoms with Gasteiger partial charge in [-0.15, -0.1) is 0 Å². The molecule has 7 nitrogen and oxygen atoms in total. The zero-order chi connectivity index (χ0) is 19.2. The number of aromatic nitrogens is 2. The number of hydrogen-bond donors (Lipinski definition) is 1. The van der Waals surface area contributed by atoms with E-state index in [2.05, 4.69) is 10.3 Å². The number of para-hydroxylation sites is 1. The number of hydrogen-bond acceptors (Lipinski definition) is 5. The molecule has 1 aromatic heterocycles. The Balaban J connectivity index is 1.50. The summed E-state index contributed by atoms with van der Waals surface area (Å²) in [5.41, 5.74) is 0.686. The molecular weight excluding hydrogens is 346 g/mol. The van der Waals surface area contributed by atoms with Crippen LogP contribution in [0, 0.1) is 11.8 Å². The Morgan fingerprint density at radius 1 is 1.19 bits per heavy atom. The van der Waals surface area contributed by atoms with E-state index < -0.39 is 5.97 Å². The van der Waals surface area contributed by atoms with Crippen LogP contribution in [0.1, 0.15) is 38.5 Å². The molecule has 1 N–H and O–H groups in total. The molecule has 0 bridgehead atoms. The van der Waals surface area contributed by atoms with Crippen LogP contribution in [0.15, 0.2) is 35.4 Å². The quantitative estimate of drug-likeness (QED) is 0.728. The minimum absolute atomic E-state index is 0.00339. The van der Waals surface area contributed by atoms with Crippen molar-refractivity contribution < 1.29 is 14.7 Å². The predicted molar refractivity (Wildman–Crippen MR) is 98.7 cm³/mol. The van der Waals surface area contributed by atoms with Crippen molar-refractivity contribution in [3.05, 3.63) is 40.9 Å². The number of nitrogens with zero attached hydrogens (tertiary/aromatic N) is 2. The van der Waals surface area contributed by atoms with Crippen molar-refractivity contribution in [2.45, 2.75) is 45.1 Å². The van der Waals surface area contributed by atoms with Crippen LogP contribution >= 0.6 is 0 Å². The standard InChI is InChI=1S/C20H25N3O4/c24-18(25)6-3-11-21-19(26)15-9-7-14(8-10-15)12-23-13-22-17-5-2-1-4-16(17)20(23)27/h1-2,4-5,13-15H,3,6-12H2,(H,21,26)(H,24,25)/p-1. The van der Waals surface area contributed by atoms with Gasteiger partial charge in [0.15, 0.2) is 0 Å². The molecule has 27 heavy (non-hydrogen) atoms.